The smallest absolute Gasteiger partial charge is 0.155 e. The number of halogens is 3. The first-order valence-corrected chi connectivity index (χ1v) is 11.4. The average molecular weight is 516 g/mol. The molecule has 0 saturated heterocycles. The second kappa shape index (κ2) is 9.79. The van der Waals surface area contributed by atoms with E-state index in [-0.39, 0.29) is 23.1 Å². The highest BCUT2D eigenvalue weighted by molar-refractivity contribution is 6.32. The monoisotopic (exact) mass is 515 g/mol. The summed E-state index contributed by atoms with van der Waals surface area (Å²) in [7, 11) is 0. The highest BCUT2D eigenvalue weighted by Crippen LogP contribution is 2.36. The number of anilines is 1. The van der Waals surface area contributed by atoms with Crippen LogP contribution < -0.4 is 4.90 Å². The van der Waals surface area contributed by atoms with Crippen molar-refractivity contribution in [2.75, 3.05) is 4.90 Å². The molecule has 8 nitrogen and oxygen atoms in total. The van der Waals surface area contributed by atoms with Gasteiger partial charge in [0.05, 0.1) is 22.6 Å². The van der Waals surface area contributed by atoms with E-state index in [0.717, 1.165) is 11.8 Å². The molecule has 0 radical (unpaired) electrons. The summed E-state index contributed by atoms with van der Waals surface area (Å²) in [5.74, 6) is -0.981. The zero-order valence-corrected chi connectivity index (χ0v) is 20.8. The molecule has 0 amide bonds. The van der Waals surface area contributed by atoms with Gasteiger partial charge < -0.3 is 19.5 Å². The molecule has 0 aliphatic carbocycles. The maximum Gasteiger partial charge on any atom is 0.155 e. The van der Waals surface area contributed by atoms with Gasteiger partial charge in [0.2, 0.25) is 0 Å². The van der Waals surface area contributed by atoms with Crippen LogP contribution in [-0.2, 0) is 21.7 Å². The molecule has 0 fully saturated rings. The van der Waals surface area contributed by atoms with Crippen LogP contribution in [0.4, 0.5) is 14.5 Å². The first kappa shape index (κ1) is 25.5. The van der Waals surface area contributed by atoms with Crippen LogP contribution in [0.15, 0.2) is 59.4 Å². The molecule has 0 saturated carbocycles. The van der Waals surface area contributed by atoms with Crippen LogP contribution >= 0.6 is 11.6 Å². The van der Waals surface area contributed by atoms with Gasteiger partial charge in [-0.1, -0.05) is 11.6 Å². The largest absolute Gasteiger partial charge is 0.486 e. The number of rotatable bonds is 7. The maximum atomic E-state index is 14.0. The molecule has 0 bridgehead atoms. The van der Waals surface area contributed by atoms with Crippen molar-refractivity contribution in [3.63, 3.8) is 0 Å². The van der Waals surface area contributed by atoms with Crippen molar-refractivity contribution in [3.05, 3.63) is 87.9 Å². The zero-order chi connectivity index (χ0) is 26.2. The van der Waals surface area contributed by atoms with Gasteiger partial charge in [0.1, 0.15) is 41.8 Å². The standard InChI is InChI=1S/C25H24ClF2N5O3/c1-14-10-30-23(32-6-5-22(31-32)25(3,4)35)9-19(14)33-15(2)7-21(24(26)20(33)12-34)36-13-18-17(28)8-16(27)11-29-18/h5-12,20,35H,13H2,1-4H3. The van der Waals surface area contributed by atoms with Gasteiger partial charge in [-0.25, -0.2) is 18.4 Å². The molecule has 1 atom stereocenters. The quantitative estimate of drug-likeness (QED) is 0.465. The Labute approximate surface area is 211 Å². The van der Waals surface area contributed by atoms with E-state index in [2.05, 4.69) is 15.1 Å². The Morgan fingerprint density at radius 2 is 1.97 bits per heavy atom. The summed E-state index contributed by atoms with van der Waals surface area (Å²) >= 11 is 6.55. The average Bonchev–Trinajstić information content (AvgIpc) is 3.32. The second-order valence-electron chi connectivity index (χ2n) is 8.85. The predicted octanol–water partition coefficient (Wildman–Crippen LogP) is 4.43. The van der Waals surface area contributed by atoms with Crippen LogP contribution in [-0.4, -0.2) is 37.2 Å². The summed E-state index contributed by atoms with van der Waals surface area (Å²) in [6, 6.07) is 3.26. The lowest BCUT2D eigenvalue weighted by molar-refractivity contribution is -0.108. The molecule has 188 valence electrons. The summed E-state index contributed by atoms with van der Waals surface area (Å²) in [6.07, 6.45) is 6.54. The fourth-order valence-corrected chi connectivity index (χ4v) is 4.00. The molecule has 0 spiro atoms. The van der Waals surface area contributed by atoms with Gasteiger partial charge >= 0.3 is 0 Å². The number of pyridine rings is 2. The number of nitrogens with zero attached hydrogens (tertiary/aromatic N) is 5. The van der Waals surface area contributed by atoms with Crippen molar-refractivity contribution in [1.82, 2.24) is 19.7 Å². The number of aldehydes is 1. The van der Waals surface area contributed by atoms with E-state index in [1.54, 1.807) is 56.3 Å². The lowest BCUT2D eigenvalue weighted by Crippen LogP contribution is -2.39. The molecule has 1 aliphatic heterocycles. The summed E-state index contributed by atoms with van der Waals surface area (Å²) in [4.78, 5) is 22.0. The van der Waals surface area contributed by atoms with Gasteiger partial charge in [-0.2, -0.15) is 5.10 Å². The van der Waals surface area contributed by atoms with Gasteiger partial charge in [0.25, 0.3) is 0 Å². The van der Waals surface area contributed by atoms with Gasteiger partial charge in [-0.3, -0.25) is 4.98 Å². The van der Waals surface area contributed by atoms with Crippen LogP contribution in [0, 0.1) is 18.6 Å². The van der Waals surface area contributed by atoms with E-state index >= 15 is 0 Å². The molecule has 4 heterocycles. The van der Waals surface area contributed by atoms with Gasteiger partial charge in [-0.15, -0.1) is 0 Å². The van der Waals surface area contributed by atoms with E-state index in [4.69, 9.17) is 16.3 Å². The number of aromatic nitrogens is 4. The molecule has 11 heteroatoms. The minimum atomic E-state index is -1.12. The maximum absolute atomic E-state index is 14.0. The lowest BCUT2D eigenvalue weighted by Gasteiger charge is -2.35. The molecule has 4 rings (SSSR count). The van der Waals surface area contributed by atoms with Gasteiger partial charge in [0.15, 0.2) is 11.6 Å². The number of aryl methyl sites for hydroxylation is 1. The number of ether oxygens (including phenoxy) is 1. The second-order valence-corrected chi connectivity index (χ2v) is 9.26. The number of carbonyl (C=O) groups is 1. The third kappa shape index (κ3) is 5.00. The van der Waals surface area contributed by atoms with Crippen molar-refractivity contribution in [2.45, 2.75) is 45.9 Å². The Kier molecular flexibility index (Phi) is 6.92. The number of aliphatic hydroxyl groups is 1. The summed E-state index contributed by atoms with van der Waals surface area (Å²) < 4.78 is 34.3. The number of allylic oxidation sites excluding steroid dienone is 2. The lowest BCUT2D eigenvalue weighted by atomic mass is 10.1. The van der Waals surface area contributed by atoms with Crippen LogP contribution in [0.1, 0.15) is 37.7 Å². The zero-order valence-electron chi connectivity index (χ0n) is 20.0. The minimum Gasteiger partial charge on any atom is -0.486 e. The Morgan fingerprint density at radius 3 is 2.61 bits per heavy atom. The predicted molar refractivity (Wildman–Crippen MR) is 129 cm³/mol. The summed E-state index contributed by atoms with van der Waals surface area (Å²) in [5, 5.41) is 14.7. The minimum absolute atomic E-state index is 0.0937. The van der Waals surface area contributed by atoms with E-state index in [0.29, 0.717) is 35.2 Å². The van der Waals surface area contributed by atoms with Crippen LogP contribution in [0.2, 0.25) is 0 Å². The molecule has 0 aromatic carbocycles. The van der Waals surface area contributed by atoms with Gasteiger partial charge in [-0.05, 0) is 39.3 Å². The Hall–Kier alpha value is -3.63. The highest BCUT2D eigenvalue weighted by atomic mass is 35.5. The fourth-order valence-electron chi connectivity index (χ4n) is 3.74. The van der Waals surface area contributed by atoms with Crippen molar-refractivity contribution >= 4 is 23.6 Å². The van der Waals surface area contributed by atoms with E-state index < -0.39 is 23.3 Å². The SMILES string of the molecule is CC1=CC(OCc2ncc(F)cc2F)=C(Cl)C(C=O)N1c1cc(-n2ccc(C(C)(C)O)n2)ncc1C. The molecule has 1 N–H and O–H groups in total. The van der Waals surface area contributed by atoms with Crippen molar-refractivity contribution < 1.29 is 23.4 Å². The van der Waals surface area contributed by atoms with Crippen molar-refractivity contribution in [2.24, 2.45) is 0 Å². The van der Waals surface area contributed by atoms with E-state index in [9.17, 15) is 18.7 Å². The van der Waals surface area contributed by atoms with E-state index in [1.807, 2.05) is 6.92 Å². The van der Waals surface area contributed by atoms with Crippen molar-refractivity contribution in [3.8, 4) is 5.82 Å². The molecular weight excluding hydrogens is 492 g/mol. The summed E-state index contributed by atoms with van der Waals surface area (Å²) in [6.45, 7) is 6.60. The van der Waals surface area contributed by atoms with Crippen LogP contribution in [0.5, 0.6) is 0 Å². The molecule has 1 unspecified atom stereocenters. The van der Waals surface area contributed by atoms with Gasteiger partial charge in [0, 0.05) is 36.3 Å². The van der Waals surface area contributed by atoms with E-state index in [1.165, 1.54) is 4.68 Å². The molecule has 3 aromatic heterocycles. The number of hydrogen-bond acceptors (Lipinski definition) is 7. The Balaban J connectivity index is 1.65. The fraction of sp³-hybridized carbons (Fsp3) is 0.280. The van der Waals surface area contributed by atoms with Crippen LogP contribution in [0.3, 0.4) is 0 Å². The van der Waals surface area contributed by atoms with Crippen molar-refractivity contribution in [1.29, 1.82) is 0 Å². The third-order valence-corrected chi connectivity index (χ3v) is 6.05. The number of hydrogen-bond donors (Lipinski definition) is 1. The third-order valence-electron chi connectivity index (χ3n) is 5.64. The normalized spacial score (nSPS) is 16.3. The Bertz CT molecular complexity index is 1380. The molecule has 3 aromatic rings. The first-order chi connectivity index (χ1) is 17.0. The molecule has 36 heavy (non-hydrogen) atoms. The highest BCUT2D eigenvalue weighted by Gasteiger charge is 2.31. The first-order valence-electron chi connectivity index (χ1n) is 11.0. The topological polar surface area (TPSA) is 93.4 Å². The Morgan fingerprint density at radius 1 is 1.22 bits per heavy atom. The summed E-state index contributed by atoms with van der Waals surface area (Å²) in [5.41, 5.74) is 1.34. The number of carbonyl (C=O) groups excluding carboxylic acids is 1. The molecule has 1 aliphatic rings. The molecular formula is C25H24ClF2N5O3. The van der Waals surface area contributed by atoms with Crippen LogP contribution in [0.25, 0.3) is 5.82 Å².